The van der Waals surface area contributed by atoms with Crippen molar-refractivity contribution in [1.29, 1.82) is 0 Å². The van der Waals surface area contributed by atoms with E-state index in [4.69, 9.17) is 5.73 Å². The Balaban J connectivity index is 2.47. The van der Waals surface area contributed by atoms with E-state index in [2.05, 4.69) is 15.5 Å². The molecule has 0 saturated carbocycles. The van der Waals surface area contributed by atoms with Gasteiger partial charge in [0.2, 0.25) is 0 Å². The average molecular weight is 210 g/mol. The maximum atomic E-state index is 11.4. The fourth-order valence-electron chi connectivity index (χ4n) is 0.975. The van der Waals surface area contributed by atoms with Crippen LogP contribution in [0.25, 0.3) is 0 Å². The number of hydrogen-bond acceptors (Lipinski definition) is 4. The lowest BCUT2D eigenvalue weighted by Crippen LogP contribution is -2.30. The van der Waals surface area contributed by atoms with Crippen molar-refractivity contribution in [2.45, 2.75) is 19.4 Å². The zero-order valence-electron chi connectivity index (χ0n) is 8.49. The molecule has 0 aliphatic carbocycles. The molecular formula is C9H14N4O2. The molecule has 1 aromatic rings. The maximum absolute atomic E-state index is 11.4. The Hall–Kier alpha value is -1.69. The summed E-state index contributed by atoms with van der Waals surface area (Å²) in [6.07, 6.45) is 0.703. The molecule has 6 heteroatoms. The van der Waals surface area contributed by atoms with E-state index in [1.165, 1.54) is 12.1 Å². The van der Waals surface area contributed by atoms with Crippen LogP contribution in [-0.4, -0.2) is 28.7 Å². The van der Waals surface area contributed by atoms with Crippen LogP contribution in [0.3, 0.4) is 0 Å². The number of amides is 1. The average Bonchev–Trinajstić information content (AvgIpc) is 2.18. The van der Waals surface area contributed by atoms with Gasteiger partial charge in [0.25, 0.3) is 11.5 Å². The monoisotopic (exact) mass is 210 g/mol. The molecule has 0 fully saturated rings. The molecule has 0 radical (unpaired) electrons. The smallest absolute Gasteiger partial charge is 0.271 e. The van der Waals surface area contributed by atoms with E-state index in [0.29, 0.717) is 13.0 Å². The fraction of sp³-hybridized carbons (Fsp3) is 0.444. The molecule has 0 saturated heterocycles. The molecular weight excluding hydrogens is 196 g/mol. The van der Waals surface area contributed by atoms with Gasteiger partial charge in [0.05, 0.1) is 0 Å². The third kappa shape index (κ3) is 3.90. The largest absolute Gasteiger partial charge is 0.351 e. The number of nitrogens with one attached hydrogen (secondary N) is 2. The molecule has 0 bridgehead atoms. The van der Waals surface area contributed by atoms with Crippen LogP contribution in [-0.2, 0) is 0 Å². The van der Waals surface area contributed by atoms with Gasteiger partial charge >= 0.3 is 0 Å². The first kappa shape index (κ1) is 11.4. The molecule has 0 aromatic carbocycles. The summed E-state index contributed by atoms with van der Waals surface area (Å²) < 4.78 is 0. The Labute approximate surface area is 86.9 Å². The minimum Gasteiger partial charge on any atom is -0.351 e. The van der Waals surface area contributed by atoms with Crippen LogP contribution in [0, 0.1) is 0 Å². The highest BCUT2D eigenvalue weighted by Gasteiger charge is 2.06. The van der Waals surface area contributed by atoms with Gasteiger partial charge in [-0.05, 0) is 19.4 Å². The number of nitrogens with two attached hydrogens (primary N) is 1. The highest BCUT2D eigenvalue weighted by Crippen LogP contribution is 1.89. The Morgan fingerprint density at radius 2 is 2.40 bits per heavy atom. The predicted molar refractivity (Wildman–Crippen MR) is 55.5 cm³/mol. The number of H-pyrrole nitrogens is 1. The van der Waals surface area contributed by atoms with E-state index >= 15 is 0 Å². The standard InChI is InChI=1S/C9H14N4O2/c1-6(10)4-5-11-9(15)7-2-3-8(14)13-12-7/h2-3,6H,4-5,10H2,1H3,(H,11,15)(H,13,14). The first-order chi connectivity index (χ1) is 7.09. The first-order valence-electron chi connectivity index (χ1n) is 4.69. The second-order valence-corrected chi connectivity index (χ2v) is 3.33. The van der Waals surface area contributed by atoms with Crippen LogP contribution in [0.5, 0.6) is 0 Å². The number of aromatic nitrogens is 2. The van der Waals surface area contributed by atoms with Crippen molar-refractivity contribution < 1.29 is 4.79 Å². The number of rotatable bonds is 4. The lowest BCUT2D eigenvalue weighted by Gasteiger charge is -2.06. The summed E-state index contributed by atoms with van der Waals surface area (Å²) in [7, 11) is 0. The van der Waals surface area contributed by atoms with Crippen LogP contribution in [0.2, 0.25) is 0 Å². The van der Waals surface area contributed by atoms with E-state index in [1.807, 2.05) is 6.92 Å². The van der Waals surface area contributed by atoms with Gasteiger partial charge in [-0.3, -0.25) is 9.59 Å². The lowest BCUT2D eigenvalue weighted by atomic mass is 10.2. The summed E-state index contributed by atoms with van der Waals surface area (Å²) in [5, 5.41) is 8.43. The molecule has 4 N–H and O–H groups in total. The predicted octanol–water partition coefficient (Wildman–Crippen LogP) is -0.763. The Morgan fingerprint density at radius 3 is 2.93 bits per heavy atom. The van der Waals surface area contributed by atoms with Crippen LogP contribution >= 0.6 is 0 Å². The second kappa shape index (κ2) is 5.26. The zero-order chi connectivity index (χ0) is 11.3. The second-order valence-electron chi connectivity index (χ2n) is 3.33. The number of aromatic amines is 1. The van der Waals surface area contributed by atoms with Gasteiger partial charge in [0, 0.05) is 18.7 Å². The summed E-state index contributed by atoms with van der Waals surface area (Å²) >= 11 is 0. The normalized spacial score (nSPS) is 12.1. The molecule has 0 aliphatic heterocycles. The lowest BCUT2D eigenvalue weighted by molar-refractivity contribution is 0.0946. The van der Waals surface area contributed by atoms with E-state index in [0.717, 1.165) is 0 Å². The van der Waals surface area contributed by atoms with Crippen LogP contribution in [0.15, 0.2) is 16.9 Å². The van der Waals surface area contributed by atoms with Crippen molar-refractivity contribution in [2.75, 3.05) is 6.54 Å². The van der Waals surface area contributed by atoms with Crippen molar-refractivity contribution in [2.24, 2.45) is 5.73 Å². The van der Waals surface area contributed by atoms with E-state index in [9.17, 15) is 9.59 Å². The Morgan fingerprint density at radius 1 is 1.67 bits per heavy atom. The number of carbonyl (C=O) groups is 1. The third-order valence-electron chi connectivity index (χ3n) is 1.80. The quantitative estimate of drug-likeness (QED) is 0.607. The van der Waals surface area contributed by atoms with Gasteiger partial charge in [0.15, 0.2) is 0 Å². The summed E-state index contributed by atoms with van der Waals surface area (Å²) in [4.78, 5) is 22.1. The first-order valence-corrected chi connectivity index (χ1v) is 4.69. The zero-order valence-corrected chi connectivity index (χ0v) is 8.49. The molecule has 1 rings (SSSR count). The highest BCUT2D eigenvalue weighted by atomic mass is 16.2. The van der Waals surface area contributed by atoms with E-state index in [-0.39, 0.29) is 23.2 Å². The molecule has 1 amide bonds. The number of carbonyl (C=O) groups excluding carboxylic acids is 1. The molecule has 1 aromatic heterocycles. The SMILES string of the molecule is CC(N)CCNC(=O)c1ccc(=O)[nH]n1. The summed E-state index contributed by atoms with van der Waals surface area (Å²) in [6.45, 7) is 2.36. The maximum Gasteiger partial charge on any atom is 0.271 e. The molecule has 82 valence electrons. The molecule has 1 unspecified atom stereocenters. The van der Waals surface area contributed by atoms with Gasteiger partial charge in [-0.25, -0.2) is 5.10 Å². The van der Waals surface area contributed by atoms with Crippen LogP contribution in [0.1, 0.15) is 23.8 Å². The molecule has 0 aliphatic rings. The highest BCUT2D eigenvalue weighted by molar-refractivity contribution is 5.91. The van der Waals surface area contributed by atoms with E-state index < -0.39 is 0 Å². The van der Waals surface area contributed by atoms with Crippen molar-refractivity contribution >= 4 is 5.91 Å². The topological polar surface area (TPSA) is 101 Å². The molecule has 15 heavy (non-hydrogen) atoms. The molecule has 6 nitrogen and oxygen atoms in total. The Kier molecular flexibility index (Phi) is 3.99. The summed E-state index contributed by atoms with van der Waals surface area (Å²) in [6, 6.07) is 2.68. The van der Waals surface area contributed by atoms with Gasteiger partial charge in [0.1, 0.15) is 5.69 Å². The van der Waals surface area contributed by atoms with Gasteiger partial charge < -0.3 is 11.1 Å². The van der Waals surface area contributed by atoms with E-state index in [1.54, 1.807) is 0 Å². The van der Waals surface area contributed by atoms with Crippen molar-refractivity contribution in [3.8, 4) is 0 Å². The number of hydrogen-bond donors (Lipinski definition) is 3. The summed E-state index contributed by atoms with van der Waals surface area (Å²) in [5.74, 6) is -0.313. The Bertz CT molecular complexity index is 365. The van der Waals surface area contributed by atoms with Crippen molar-refractivity contribution in [3.63, 3.8) is 0 Å². The third-order valence-corrected chi connectivity index (χ3v) is 1.80. The van der Waals surface area contributed by atoms with Gasteiger partial charge in [-0.15, -0.1) is 0 Å². The molecule has 1 atom stereocenters. The van der Waals surface area contributed by atoms with Crippen molar-refractivity contribution in [1.82, 2.24) is 15.5 Å². The van der Waals surface area contributed by atoms with Crippen molar-refractivity contribution in [3.05, 3.63) is 28.2 Å². The minimum absolute atomic E-state index is 0.0499. The number of nitrogens with zero attached hydrogens (tertiary/aromatic N) is 1. The van der Waals surface area contributed by atoms with Crippen LogP contribution < -0.4 is 16.6 Å². The minimum atomic E-state index is -0.331. The fourth-order valence-corrected chi connectivity index (χ4v) is 0.975. The molecule has 1 heterocycles. The summed E-state index contributed by atoms with van der Waals surface area (Å²) in [5.41, 5.74) is 5.39. The van der Waals surface area contributed by atoms with Crippen LogP contribution in [0.4, 0.5) is 0 Å². The molecule has 0 spiro atoms. The van der Waals surface area contributed by atoms with Gasteiger partial charge in [-0.1, -0.05) is 0 Å². The van der Waals surface area contributed by atoms with Gasteiger partial charge in [-0.2, -0.15) is 5.10 Å².